The van der Waals surface area contributed by atoms with Crippen LogP contribution < -0.4 is 11.5 Å². The van der Waals surface area contributed by atoms with Crippen molar-refractivity contribution < 1.29 is 4.48 Å². The lowest BCUT2D eigenvalue weighted by Gasteiger charge is -2.27. The maximum atomic E-state index is 5.94. The summed E-state index contributed by atoms with van der Waals surface area (Å²) in [5.41, 5.74) is 11.6. The Morgan fingerprint density at radius 2 is 1.79 bits per heavy atom. The Bertz CT molecular complexity index is 134. The third-order valence-electron chi connectivity index (χ3n) is 2.74. The van der Waals surface area contributed by atoms with E-state index in [1.165, 1.54) is 25.7 Å². The van der Waals surface area contributed by atoms with E-state index in [2.05, 4.69) is 21.0 Å². The van der Waals surface area contributed by atoms with Crippen LogP contribution in [0.25, 0.3) is 0 Å². The maximum Gasteiger partial charge on any atom is 0.129 e. The van der Waals surface area contributed by atoms with Gasteiger partial charge in [0.2, 0.25) is 0 Å². The molecule has 0 bridgehead atoms. The molecule has 3 nitrogen and oxygen atoms in total. The lowest BCUT2D eigenvalue weighted by molar-refractivity contribution is -0.890. The molecule has 1 atom stereocenters. The molecule has 0 heterocycles. The van der Waals surface area contributed by atoms with Gasteiger partial charge in [-0.2, -0.15) is 0 Å². The second kappa shape index (κ2) is 7.21. The summed E-state index contributed by atoms with van der Waals surface area (Å²) >= 11 is 0. The normalized spacial score (nSPS) is 14.4. The average Bonchev–Trinajstić information content (AvgIpc) is 2.13. The van der Waals surface area contributed by atoms with Gasteiger partial charge in [0.05, 0.1) is 20.6 Å². The van der Waals surface area contributed by atoms with Crippen LogP contribution in [-0.2, 0) is 0 Å². The van der Waals surface area contributed by atoms with Crippen LogP contribution in [-0.4, -0.2) is 37.8 Å². The number of rotatable bonds is 8. The first-order valence-corrected chi connectivity index (χ1v) is 5.79. The van der Waals surface area contributed by atoms with Crippen LogP contribution in [0.3, 0.4) is 0 Å². The van der Waals surface area contributed by atoms with Gasteiger partial charge in [-0.1, -0.05) is 13.3 Å². The van der Waals surface area contributed by atoms with E-state index in [4.69, 9.17) is 11.5 Å². The van der Waals surface area contributed by atoms with Gasteiger partial charge in [-0.05, 0) is 25.7 Å². The molecule has 14 heavy (non-hydrogen) atoms. The van der Waals surface area contributed by atoms with Crippen LogP contribution in [0.4, 0.5) is 0 Å². The Labute approximate surface area is 89.0 Å². The third-order valence-corrected chi connectivity index (χ3v) is 2.74. The molecule has 0 aliphatic heterocycles. The van der Waals surface area contributed by atoms with E-state index in [-0.39, 0.29) is 0 Å². The fraction of sp³-hybridized carbons (Fsp3) is 1.00. The van der Waals surface area contributed by atoms with Gasteiger partial charge in [0.1, 0.15) is 6.67 Å². The fourth-order valence-electron chi connectivity index (χ4n) is 1.55. The highest BCUT2D eigenvalue weighted by molar-refractivity contribution is 4.59. The first-order valence-electron chi connectivity index (χ1n) is 5.79. The minimum absolute atomic E-state index is 0.411. The molecular weight excluding hydrogens is 174 g/mol. The van der Waals surface area contributed by atoms with E-state index in [1.54, 1.807) is 0 Å². The highest BCUT2D eigenvalue weighted by Gasteiger charge is 2.11. The monoisotopic (exact) mass is 202 g/mol. The van der Waals surface area contributed by atoms with E-state index in [1.807, 2.05) is 0 Å². The Kier molecular flexibility index (Phi) is 7.15. The van der Waals surface area contributed by atoms with Gasteiger partial charge in [0.25, 0.3) is 0 Å². The van der Waals surface area contributed by atoms with Gasteiger partial charge in [-0.15, -0.1) is 0 Å². The maximum absolute atomic E-state index is 5.94. The van der Waals surface area contributed by atoms with Gasteiger partial charge in [0, 0.05) is 6.04 Å². The molecule has 0 radical (unpaired) electrons. The third kappa shape index (κ3) is 7.30. The Morgan fingerprint density at radius 3 is 2.29 bits per heavy atom. The van der Waals surface area contributed by atoms with Gasteiger partial charge in [-0.3, -0.25) is 5.73 Å². The SMILES string of the molecule is CCCC(N)CCCC[N+](C)(C)CN. The smallest absolute Gasteiger partial charge is 0.129 e. The molecule has 0 aromatic heterocycles. The van der Waals surface area contributed by atoms with Crippen LogP contribution in [0.1, 0.15) is 39.0 Å². The molecule has 4 N–H and O–H groups in total. The first-order chi connectivity index (χ1) is 6.52. The lowest BCUT2D eigenvalue weighted by atomic mass is 10.1. The predicted molar refractivity (Wildman–Crippen MR) is 62.8 cm³/mol. The van der Waals surface area contributed by atoms with Crippen molar-refractivity contribution in [3.05, 3.63) is 0 Å². The number of unbranched alkanes of at least 4 members (excludes halogenated alkanes) is 1. The van der Waals surface area contributed by atoms with Gasteiger partial charge >= 0.3 is 0 Å². The van der Waals surface area contributed by atoms with E-state index in [9.17, 15) is 0 Å². The zero-order valence-corrected chi connectivity index (χ0v) is 10.1. The molecule has 0 rings (SSSR count). The molecule has 0 aliphatic carbocycles. The summed E-state index contributed by atoms with van der Waals surface area (Å²) in [6, 6.07) is 0.411. The molecule has 0 amide bonds. The zero-order valence-electron chi connectivity index (χ0n) is 10.1. The van der Waals surface area contributed by atoms with Crippen LogP contribution in [0.2, 0.25) is 0 Å². The van der Waals surface area contributed by atoms with Crippen molar-refractivity contribution in [2.75, 3.05) is 27.3 Å². The van der Waals surface area contributed by atoms with Crippen LogP contribution >= 0.6 is 0 Å². The van der Waals surface area contributed by atoms with Crippen molar-refractivity contribution in [3.63, 3.8) is 0 Å². The van der Waals surface area contributed by atoms with Crippen molar-refractivity contribution in [1.82, 2.24) is 0 Å². The number of hydrogen-bond donors (Lipinski definition) is 2. The predicted octanol–water partition coefficient (Wildman–Crippen LogP) is 1.28. The molecule has 0 aliphatic rings. The van der Waals surface area contributed by atoms with Crippen molar-refractivity contribution in [2.45, 2.75) is 45.1 Å². The average molecular weight is 202 g/mol. The minimum atomic E-state index is 0.411. The fourth-order valence-corrected chi connectivity index (χ4v) is 1.55. The lowest BCUT2D eigenvalue weighted by Crippen LogP contribution is -2.45. The number of nitrogens with two attached hydrogens (primary N) is 2. The highest BCUT2D eigenvalue weighted by atomic mass is 15.3. The van der Waals surface area contributed by atoms with E-state index >= 15 is 0 Å². The number of nitrogens with zero attached hydrogens (tertiary/aromatic N) is 1. The molecule has 0 aromatic carbocycles. The van der Waals surface area contributed by atoms with E-state index < -0.39 is 0 Å². The largest absolute Gasteiger partial charge is 0.328 e. The molecular formula is C11H28N3+. The summed E-state index contributed by atoms with van der Waals surface area (Å²) in [6.45, 7) is 4.07. The van der Waals surface area contributed by atoms with Crippen LogP contribution in [0.15, 0.2) is 0 Å². The molecule has 3 heteroatoms. The number of quaternary nitrogens is 1. The van der Waals surface area contributed by atoms with Crippen LogP contribution in [0.5, 0.6) is 0 Å². The molecule has 86 valence electrons. The minimum Gasteiger partial charge on any atom is -0.328 e. The summed E-state index contributed by atoms with van der Waals surface area (Å²) in [7, 11) is 4.35. The van der Waals surface area contributed by atoms with Gasteiger partial charge in [-0.25, -0.2) is 0 Å². The second-order valence-electron chi connectivity index (χ2n) is 4.89. The molecule has 0 aromatic rings. The van der Waals surface area contributed by atoms with E-state index in [0.717, 1.165) is 24.1 Å². The van der Waals surface area contributed by atoms with E-state index in [0.29, 0.717) is 6.04 Å². The molecule has 0 saturated heterocycles. The highest BCUT2D eigenvalue weighted by Crippen LogP contribution is 2.06. The molecule has 1 unspecified atom stereocenters. The summed E-state index contributed by atoms with van der Waals surface area (Å²) in [6.07, 6.45) is 6.00. The van der Waals surface area contributed by atoms with Crippen molar-refractivity contribution >= 4 is 0 Å². The second-order valence-corrected chi connectivity index (χ2v) is 4.89. The summed E-state index contributed by atoms with van der Waals surface area (Å²) < 4.78 is 0.920. The topological polar surface area (TPSA) is 52.0 Å². The van der Waals surface area contributed by atoms with Gasteiger partial charge < -0.3 is 10.2 Å². The van der Waals surface area contributed by atoms with Crippen molar-refractivity contribution in [1.29, 1.82) is 0 Å². The summed E-state index contributed by atoms with van der Waals surface area (Å²) in [5.74, 6) is 0. The standard InChI is InChI=1S/C11H28N3/c1-4-7-11(13)8-5-6-9-14(2,3)10-12/h11H,4-10,12-13H2,1-3H3/q+1. The molecule has 0 spiro atoms. The Morgan fingerprint density at radius 1 is 1.14 bits per heavy atom. The van der Waals surface area contributed by atoms with Crippen molar-refractivity contribution in [2.24, 2.45) is 11.5 Å². The number of hydrogen-bond acceptors (Lipinski definition) is 2. The first kappa shape index (κ1) is 13.9. The Hall–Kier alpha value is -0.120. The quantitative estimate of drug-likeness (QED) is 0.354. The van der Waals surface area contributed by atoms with Crippen LogP contribution in [0, 0.1) is 0 Å². The Balaban J connectivity index is 3.37. The van der Waals surface area contributed by atoms with Crippen molar-refractivity contribution in [3.8, 4) is 0 Å². The summed E-state index contributed by atoms with van der Waals surface area (Å²) in [5, 5.41) is 0. The molecule has 0 fully saturated rings. The molecule has 0 saturated carbocycles. The summed E-state index contributed by atoms with van der Waals surface area (Å²) in [4.78, 5) is 0. The zero-order chi connectivity index (χ0) is 11.0. The van der Waals surface area contributed by atoms with Gasteiger partial charge in [0.15, 0.2) is 0 Å².